The average Bonchev–Trinajstić information content (AvgIpc) is 3.50. The molecule has 1 aromatic carbocycles. The fourth-order valence-electron chi connectivity index (χ4n) is 7.15. The maximum atomic E-state index is 13.7. The molecule has 39 heavy (non-hydrogen) atoms. The third-order valence-electron chi connectivity index (χ3n) is 9.91. The molecular weight excluding hydrogens is 498 g/mol. The molecule has 0 heterocycles. The number of carboxylic acids is 1. The fourth-order valence-corrected chi connectivity index (χ4v) is 7.15. The molecule has 2 bridgehead atoms. The number of hydrogen-bond donors (Lipinski definition) is 3. The van der Waals surface area contributed by atoms with Gasteiger partial charge in [-0.2, -0.15) is 5.26 Å². The molecule has 4 saturated carbocycles. The highest BCUT2D eigenvalue weighted by Crippen LogP contribution is 2.49. The Morgan fingerprint density at radius 2 is 1.72 bits per heavy atom. The molecule has 2 amide bonds. The van der Waals surface area contributed by atoms with Crippen molar-refractivity contribution in [3.8, 4) is 17.6 Å². The highest BCUT2D eigenvalue weighted by Gasteiger charge is 2.52. The SMILES string of the molecule is COc1cc(C#N)c(OC2CCC(C)(C(=O)O)CC2)cc1C(=O)NC1C2CCC(C2)C1C(=O)NC1(C)CCC1. The van der Waals surface area contributed by atoms with E-state index < -0.39 is 11.4 Å². The molecule has 0 aliphatic heterocycles. The van der Waals surface area contributed by atoms with Gasteiger partial charge in [-0.3, -0.25) is 14.4 Å². The lowest BCUT2D eigenvalue weighted by Gasteiger charge is -2.41. The van der Waals surface area contributed by atoms with E-state index in [1.807, 2.05) is 0 Å². The Labute approximate surface area is 229 Å². The summed E-state index contributed by atoms with van der Waals surface area (Å²) < 4.78 is 11.7. The molecule has 4 aliphatic carbocycles. The van der Waals surface area contributed by atoms with Crippen molar-refractivity contribution < 1.29 is 29.0 Å². The van der Waals surface area contributed by atoms with Crippen LogP contribution < -0.4 is 20.1 Å². The number of benzene rings is 1. The Morgan fingerprint density at radius 1 is 1.03 bits per heavy atom. The quantitative estimate of drug-likeness (QED) is 0.452. The van der Waals surface area contributed by atoms with Crippen LogP contribution in [0, 0.1) is 34.5 Å². The number of carboxylic acid groups (broad SMARTS) is 1. The summed E-state index contributed by atoms with van der Waals surface area (Å²) in [5.74, 6) is -0.294. The predicted octanol–water partition coefficient (Wildman–Crippen LogP) is 4.18. The number of nitrogens with one attached hydrogen (secondary N) is 2. The first-order valence-electron chi connectivity index (χ1n) is 14.2. The van der Waals surface area contributed by atoms with Crippen LogP contribution in [0.3, 0.4) is 0 Å². The second kappa shape index (κ2) is 10.4. The number of aliphatic carboxylic acids is 1. The van der Waals surface area contributed by atoms with E-state index in [0.29, 0.717) is 25.7 Å². The summed E-state index contributed by atoms with van der Waals surface area (Å²) in [6, 6.07) is 4.94. The lowest BCUT2D eigenvalue weighted by molar-refractivity contribution is -0.150. The highest BCUT2D eigenvalue weighted by atomic mass is 16.5. The van der Waals surface area contributed by atoms with Crippen molar-refractivity contribution in [2.75, 3.05) is 7.11 Å². The zero-order chi connectivity index (χ0) is 27.9. The van der Waals surface area contributed by atoms with Crippen molar-refractivity contribution in [1.82, 2.24) is 10.6 Å². The summed E-state index contributed by atoms with van der Waals surface area (Å²) in [5.41, 5.74) is -0.411. The normalized spacial score (nSPS) is 32.4. The molecule has 9 heteroatoms. The van der Waals surface area contributed by atoms with Crippen LogP contribution in [0.25, 0.3) is 0 Å². The number of hydrogen-bond acceptors (Lipinski definition) is 6. The van der Waals surface area contributed by atoms with Gasteiger partial charge in [-0.1, -0.05) is 0 Å². The van der Waals surface area contributed by atoms with Crippen LogP contribution in [0.2, 0.25) is 0 Å². The number of nitriles is 1. The maximum absolute atomic E-state index is 13.7. The minimum atomic E-state index is -0.809. The Balaban J connectivity index is 1.33. The Bertz CT molecular complexity index is 1190. The first-order chi connectivity index (χ1) is 18.6. The van der Waals surface area contributed by atoms with Crippen molar-refractivity contribution in [1.29, 1.82) is 5.26 Å². The van der Waals surface area contributed by atoms with Gasteiger partial charge in [0.15, 0.2) is 0 Å². The van der Waals surface area contributed by atoms with Gasteiger partial charge in [-0.15, -0.1) is 0 Å². The van der Waals surface area contributed by atoms with E-state index in [4.69, 9.17) is 9.47 Å². The molecule has 5 rings (SSSR count). The molecule has 1 aromatic rings. The molecule has 0 saturated heterocycles. The summed E-state index contributed by atoms with van der Waals surface area (Å²) in [4.78, 5) is 38.6. The fraction of sp³-hybridized carbons (Fsp3) is 0.667. The molecule has 210 valence electrons. The molecule has 0 spiro atoms. The van der Waals surface area contributed by atoms with Gasteiger partial charge in [-0.25, -0.2) is 0 Å². The molecule has 0 radical (unpaired) electrons. The molecule has 4 atom stereocenters. The lowest BCUT2D eigenvalue weighted by Crippen LogP contribution is -2.57. The molecule has 4 unspecified atom stereocenters. The summed E-state index contributed by atoms with van der Waals surface area (Å²) in [5, 5.41) is 25.7. The van der Waals surface area contributed by atoms with E-state index in [0.717, 1.165) is 38.5 Å². The number of ether oxygens (including phenoxy) is 2. The third kappa shape index (κ3) is 5.18. The van der Waals surface area contributed by atoms with Crippen LogP contribution in [0.15, 0.2) is 12.1 Å². The number of carbonyl (C=O) groups is 3. The van der Waals surface area contributed by atoms with Gasteiger partial charge in [-0.05, 0) is 96.0 Å². The Morgan fingerprint density at radius 3 is 2.31 bits per heavy atom. The first kappa shape index (κ1) is 27.3. The molecular formula is C30H39N3O6. The van der Waals surface area contributed by atoms with Crippen molar-refractivity contribution in [3.63, 3.8) is 0 Å². The van der Waals surface area contributed by atoms with Crippen molar-refractivity contribution >= 4 is 17.8 Å². The van der Waals surface area contributed by atoms with Gasteiger partial charge in [0.2, 0.25) is 5.91 Å². The lowest BCUT2D eigenvalue weighted by atomic mass is 9.75. The summed E-state index contributed by atoms with van der Waals surface area (Å²) >= 11 is 0. The zero-order valence-electron chi connectivity index (χ0n) is 23.0. The van der Waals surface area contributed by atoms with Crippen LogP contribution >= 0.6 is 0 Å². The molecule has 3 N–H and O–H groups in total. The number of amides is 2. The topological polar surface area (TPSA) is 138 Å². The first-order valence-corrected chi connectivity index (χ1v) is 14.2. The van der Waals surface area contributed by atoms with Crippen LogP contribution in [-0.4, -0.2) is 47.7 Å². The smallest absolute Gasteiger partial charge is 0.309 e. The number of methoxy groups -OCH3 is 1. The number of rotatable bonds is 8. The summed E-state index contributed by atoms with van der Waals surface area (Å²) in [7, 11) is 1.45. The maximum Gasteiger partial charge on any atom is 0.309 e. The number of carbonyl (C=O) groups excluding carboxylic acids is 2. The van der Waals surface area contributed by atoms with Gasteiger partial charge in [0.25, 0.3) is 5.91 Å². The molecule has 0 aromatic heterocycles. The monoisotopic (exact) mass is 537 g/mol. The van der Waals surface area contributed by atoms with Gasteiger partial charge >= 0.3 is 5.97 Å². The standard InChI is InChI=1S/C30H39N3O6/c1-29(28(36)37)11-7-20(8-12-29)39-22-15-21(23(38-3)14-19(22)16-31)26(34)32-25-18-6-5-17(13-18)24(25)27(35)33-30(2)9-4-10-30/h14-15,17-18,20,24-25H,4-13H2,1-3H3,(H,32,34)(H,33,35)(H,36,37). The summed E-state index contributed by atoms with van der Waals surface area (Å²) in [6.07, 6.45) is 7.82. The number of nitrogens with zero attached hydrogens (tertiary/aromatic N) is 1. The molecule has 4 aliphatic rings. The second-order valence-corrected chi connectivity index (χ2v) is 12.6. The van der Waals surface area contributed by atoms with Crippen LogP contribution in [-0.2, 0) is 9.59 Å². The van der Waals surface area contributed by atoms with Crippen LogP contribution in [0.5, 0.6) is 11.5 Å². The predicted molar refractivity (Wildman–Crippen MR) is 142 cm³/mol. The zero-order valence-corrected chi connectivity index (χ0v) is 23.0. The minimum Gasteiger partial charge on any atom is -0.496 e. The number of fused-ring (bicyclic) bond motifs is 2. The van der Waals surface area contributed by atoms with Gasteiger partial charge in [0.1, 0.15) is 17.6 Å². The van der Waals surface area contributed by atoms with Crippen molar-refractivity contribution in [2.45, 2.75) is 95.7 Å². The van der Waals surface area contributed by atoms with Crippen LogP contribution in [0.4, 0.5) is 0 Å². The van der Waals surface area contributed by atoms with Gasteiger partial charge < -0.3 is 25.2 Å². The highest BCUT2D eigenvalue weighted by molar-refractivity contribution is 5.98. The van der Waals surface area contributed by atoms with E-state index in [-0.39, 0.29) is 69.9 Å². The van der Waals surface area contributed by atoms with Gasteiger partial charge in [0, 0.05) is 17.6 Å². The van der Waals surface area contributed by atoms with E-state index in [1.165, 1.54) is 13.2 Å². The molecule has 4 fully saturated rings. The molecule has 9 nitrogen and oxygen atoms in total. The summed E-state index contributed by atoms with van der Waals surface area (Å²) in [6.45, 7) is 3.84. The van der Waals surface area contributed by atoms with Crippen molar-refractivity contribution in [2.24, 2.45) is 23.2 Å². The minimum absolute atomic E-state index is 0.0381. The second-order valence-electron chi connectivity index (χ2n) is 12.6. The largest absolute Gasteiger partial charge is 0.496 e. The third-order valence-corrected chi connectivity index (χ3v) is 9.91. The Hall–Kier alpha value is -3.28. The van der Waals surface area contributed by atoms with Crippen molar-refractivity contribution in [3.05, 3.63) is 23.3 Å². The van der Waals surface area contributed by atoms with Gasteiger partial charge in [0.05, 0.1) is 35.7 Å². The van der Waals surface area contributed by atoms with E-state index >= 15 is 0 Å². The van der Waals surface area contributed by atoms with E-state index in [1.54, 1.807) is 13.0 Å². The average molecular weight is 538 g/mol. The van der Waals surface area contributed by atoms with E-state index in [2.05, 4.69) is 23.6 Å². The van der Waals surface area contributed by atoms with E-state index in [9.17, 15) is 24.8 Å². The van der Waals surface area contributed by atoms with Crippen LogP contribution in [0.1, 0.15) is 94.0 Å². The Kier molecular flexibility index (Phi) is 7.25.